The lowest BCUT2D eigenvalue weighted by atomic mass is 10.1. The van der Waals surface area contributed by atoms with Gasteiger partial charge in [-0.1, -0.05) is 54.6 Å². The number of hydrazone groups is 1. The van der Waals surface area contributed by atoms with Crippen LogP contribution < -0.4 is 20.2 Å². The van der Waals surface area contributed by atoms with Gasteiger partial charge >= 0.3 is 0 Å². The molecular formula is C29H25N3O4. The Hall–Kier alpha value is -4.91. The SMILES string of the molecule is COc1ccc(C(=O)Nc2ccccc2C(=O)NN=Cc2ccccc2OCc2ccccc2)cc1. The van der Waals surface area contributed by atoms with Crippen molar-refractivity contribution in [3.8, 4) is 11.5 Å². The Morgan fingerprint density at radius 3 is 2.28 bits per heavy atom. The van der Waals surface area contributed by atoms with E-state index < -0.39 is 5.91 Å². The second kappa shape index (κ2) is 12.0. The summed E-state index contributed by atoms with van der Waals surface area (Å²) in [7, 11) is 1.56. The van der Waals surface area contributed by atoms with Crippen LogP contribution in [0.15, 0.2) is 108 Å². The number of amides is 2. The Bertz CT molecular complexity index is 1350. The molecule has 0 radical (unpaired) electrons. The Kier molecular flexibility index (Phi) is 8.07. The molecule has 0 spiro atoms. The second-order valence-electron chi connectivity index (χ2n) is 7.74. The summed E-state index contributed by atoms with van der Waals surface area (Å²) in [6.07, 6.45) is 1.52. The van der Waals surface area contributed by atoms with Crippen molar-refractivity contribution in [3.05, 3.63) is 125 Å². The Morgan fingerprint density at radius 1 is 0.806 bits per heavy atom. The highest BCUT2D eigenvalue weighted by molar-refractivity contribution is 6.09. The summed E-state index contributed by atoms with van der Waals surface area (Å²) in [6.45, 7) is 0.416. The average molecular weight is 480 g/mol. The van der Waals surface area contributed by atoms with Gasteiger partial charge in [-0.25, -0.2) is 5.43 Å². The number of nitrogens with zero attached hydrogens (tertiary/aromatic N) is 1. The Morgan fingerprint density at radius 2 is 1.50 bits per heavy atom. The molecule has 0 saturated heterocycles. The number of anilines is 1. The van der Waals surface area contributed by atoms with E-state index in [2.05, 4.69) is 15.8 Å². The first-order valence-electron chi connectivity index (χ1n) is 11.3. The van der Waals surface area contributed by atoms with Gasteiger partial charge in [0, 0.05) is 11.1 Å². The third-order valence-corrected chi connectivity index (χ3v) is 5.30. The van der Waals surface area contributed by atoms with Gasteiger partial charge in [0.25, 0.3) is 11.8 Å². The number of rotatable bonds is 9. The number of nitrogens with one attached hydrogen (secondary N) is 2. The standard InChI is InChI=1S/C29H25N3O4/c1-35-24-17-15-22(16-18-24)28(33)31-26-13-7-6-12-25(26)29(34)32-30-19-23-11-5-8-14-27(23)36-20-21-9-3-2-4-10-21/h2-19H,20H2,1H3,(H,31,33)(H,32,34). The highest BCUT2D eigenvalue weighted by Gasteiger charge is 2.14. The highest BCUT2D eigenvalue weighted by atomic mass is 16.5. The van der Waals surface area contributed by atoms with Gasteiger partial charge in [0.1, 0.15) is 18.1 Å². The van der Waals surface area contributed by atoms with E-state index in [9.17, 15) is 9.59 Å². The topological polar surface area (TPSA) is 89.0 Å². The van der Waals surface area contributed by atoms with Gasteiger partial charge in [0.15, 0.2) is 0 Å². The molecule has 0 saturated carbocycles. The Balaban J connectivity index is 1.41. The van der Waals surface area contributed by atoms with Crippen LogP contribution in [0.3, 0.4) is 0 Å². The molecule has 180 valence electrons. The molecule has 2 amide bonds. The molecule has 7 nitrogen and oxygen atoms in total. The molecule has 0 aliphatic rings. The van der Waals surface area contributed by atoms with Crippen LogP contribution in [0, 0.1) is 0 Å². The summed E-state index contributed by atoms with van der Waals surface area (Å²) in [6, 6.07) is 30.7. The first kappa shape index (κ1) is 24.2. The molecule has 0 atom stereocenters. The van der Waals surface area contributed by atoms with E-state index in [4.69, 9.17) is 9.47 Å². The molecule has 0 aliphatic heterocycles. The molecule has 0 aromatic heterocycles. The fourth-order valence-corrected chi connectivity index (χ4v) is 3.40. The molecule has 0 aliphatic carbocycles. The van der Waals surface area contributed by atoms with Gasteiger partial charge in [-0.3, -0.25) is 9.59 Å². The van der Waals surface area contributed by atoms with Gasteiger partial charge in [-0.15, -0.1) is 0 Å². The van der Waals surface area contributed by atoms with Gasteiger partial charge < -0.3 is 14.8 Å². The van der Waals surface area contributed by atoms with Crippen LogP contribution in [-0.4, -0.2) is 25.1 Å². The van der Waals surface area contributed by atoms with E-state index in [1.165, 1.54) is 6.21 Å². The van der Waals surface area contributed by atoms with E-state index in [0.29, 0.717) is 29.4 Å². The molecule has 4 rings (SSSR count). The van der Waals surface area contributed by atoms with Gasteiger partial charge in [0.2, 0.25) is 0 Å². The fourth-order valence-electron chi connectivity index (χ4n) is 3.40. The van der Waals surface area contributed by atoms with Crippen molar-refractivity contribution in [2.45, 2.75) is 6.61 Å². The highest BCUT2D eigenvalue weighted by Crippen LogP contribution is 2.19. The molecule has 4 aromatic rings. The van der Waals surface area contributed by atoms with Crippen molar-refractivity contribution in [1.29, 1.82) is 0 Å². The summed E-state index contributed by atoms with van der Waals surface area (Å²) in [5, 5.41) is 6.88. The van der Waals surface area contributed by atoms with Crippen molar-refractivity contribution in [3.63, 3.8) is 0 Å². The second-order valence-corrected chi connectivity index (χ2v) is 7.74. The zero-order valence-electron chi connectivity index (χ0n) is 19.7. The number of carbonyl (C=O) groups excluding carboxylic acids is 2. The van der Waals surface area contributed by atoms with E-state index in [-0.39, 0.29) is 11.5 Å². The fraction of sp³-hybridized carbons (Fsp3) is 0.0690. The predicted molar refractivity (Wildman–Crippen MR) is 140 cm³/mol. The number of benzene rings is 4. The lowest BCUT2D eigenvalue weighted by Crippen LogP contribution is -2.21. The van der Waals surface area contributed by atoms with Gasteiger partial charge in [0.05, 0.1) is 24.6 Å². The third kappa shape index (κ3) is 6.36. The molecule has 2 N–H and O–H groups in total. The predicted octanol–water partition coefficient (Wildman–Crippen LogP) is 5.29. The van der Waals surface area contributed by atoms with E-state index in [0.717, 1.165) is 11.1 Å². The minimum Gasteiger partial charge on any atom is -0.497 e. The molecule has 0 bridgehead atoms. The normalized spacial score (nSPS) is 10.6. The van der Waals surface area contributed by atoms with Crippen molar-refractivity contribution in [2.75, 3.05) is 12.4 Å². The van der Waals surface area contributed by atoms with Crippen LogP contribution in [0.5, 0.6) is 11.5 Å². The number of hydrogen-bond acceptors (Lipinski definition) is 5. The quantitative estimate of drug-likeness (QED) is 0.252. The van der Waals surface area contributed by atoms with Crippen molar-refractivity contribution < 1.29 is 19.1 Å². The lowest BCUT2D eigenvalue weighted by Gasteiger charge is -2.11. The van der Waals surface area contributed by atoms with E-state index in [1.807, 2.05) is 54.6 Å². The smallest absolute Gasteiger partial charge is 0.273 e. The van der Waals surface area contributed by atoms with Gasteiger partial charge in [-0.2, -0.15) is 5.10 Å². The summed E-state index contributed by atoms with van der Waals surface area (Å²) in [5.74, 6) is 0.494. The number of para-hydroxylation sites is 2. The minimum atomic E-state index is -0.459. The average Bonchev–Trinajstić information content (AvgIpc) is 2.93. The number of methoxy groups -OCH3 is 1. The van der Waals surface area contributed by atoms with E-state index >= 15 is 0 Å². The van der Waals surface area contributed by atoms with Crippen molar-refractivity contribution >= 4 is 23.7 Å². The molecule has 0 unspecified atom stereocenters. The van der Waals surface area contributed by atoms with Crippen LogP contribution in [0.25, 0.3) is 0 Å². The zero-order valence-corrected chi connectivity index (χ0v) is 19.7. The summed E-state index contributed by atoms with van der Waals surface area (Å²) in [5.41, 5.74) is 5.38. The maximum absolute atomic E-state index is 12.8. The largest absolute Gasteiger partial charge is 0.497 e. The lowest BCUT2D eigenvalue weighted by molar-refractivity contribution is 0.0956. The summed E-state index contributed by atoms with van der Waals surface area (Å²) < 4.78 is 11.0. The van der Waals surface area contributed by atoms with Crippen LogP contribution in [0.4, 0.5) is 5.69 Å². The molecule has 4 aromatic carbocycles. The van der Waals surface area contributed by atoms with Crippen LogP contribution in [-0.2, 0) is 6.61 Å². The maximum atomic E-state index is 12.8. The van der Waals surface area contributed by atoms with Crippen LogP contribution in [0.2, 0.25) is 0 Å². The number of carbonyl (C=O) groups is 2. The van der Waals surface area contributed by atoms with Crippen molar-refractivity contribution in [1.82, 2.24) is 5.43 Å². The van der Waals surface area contributed by atoms with E-state index in [1.54, 1.807) is 55.6 Å². The third-order valence-electron chi connectivity index (χ3n) is 5.30. The summed E-state index contributed by atoms with van der Waals surface area (Å²) in [4.78, 5) is 25.5. The molecular weight excluding hydrogens is 454 g/mol. The zero-order chi connectivity index (χ0) is 25.2. The minimum absolute atomic E-state index is 0.283. The number of hydrogen-bond donors (Lipinski definition) is 2. The van der Waals surface area contributed by atoms with Crippen LogP contribution >= 0.6 is 0 Å². The maximum Gasteiger partial charge on any atom is 0.273 e. The first-order valence-corrected chi connectivity index (χ1v) is 11.3. The molecule has 36 heavy (non-hydrogen) atoms. The number of ether oxygens (including phenoxy) is 2. The summed E-state index contributed by atoms with van der Waals surface area (Å²) >= 11 is 0. The van der Waals surface area contributed by atoms with Crippen LogP contribution in [0.1, 0.15) is 31.8 Å². The molecule has 0 heterocycles. The molecule has 0 fully saturated rings. The molecule has 7 heteroatoms. The monoisotopic (exact) mass is 479 g/mol. The first-order chi connectivity index (χ1) is 17.6. The van der Waals surface area contributed by atoms with Gasteiger partial charge in [-0.05, 0) is 54.1 Å². The Labute approximate surface area is 209 Å². The van der Waals surface area contributed by atoms with Crippen molar-refractivity contribution in [2.24, 2.45) is 5.10 Å².